The summed E-state index contributed by atoms with van der Waals surface area (Å²) in [5, 5.41) is 13.6. The smallest absolute Gasteiger partial charge is 0.0743 e. The summed E-state index contributed by atoms with van der Waals surface area (Å²) in [7, 11) is 0. The van der Waals surface area contributed by atoms with E-state index in [9.17, 15) is 0 Å². The molecule has 0 unspecified atom stereocenters. The highest BCUT2D eigenvalue weighted by Gasteiger charge is 2.17. The number of nitrogens with two attached hydrogens (primary N) is 1. The van der Waals surface area contributed by atoms with Crippen molar-refractivity contribution in [2.45, 2.75) is 20.3 Å². The number of aliphatic hydroxyl groups excluding tert-OH is 1. The molecular weight excluding hydrogens is 238 g/mol. The summed E-state index contributed by atoms with van der Waals surface area (Å²) in [5.41, 5.74) is 8.49. The van der Waals surface area contributed by atoms with E-state index in [1.807, 2.05) is 24.3 Å². The van der Waals surface area contributed by atoms with Crippen molar-refractivity contribution in [2.24, 2.45) is 5.41 Å². The second-order valence-electron chi connectivity index (χ2n) is 5.63. The van der Waals surface area contributed by atoms with Crippen LogP contribution in [0, 0.1) is 5.41 Å². The van der Waals surface area contributed by atoms with E-state index in [1.54, 1.807) is 6.20 Å². The molecule has 19 heavy (non-hydrogen) atoms. The van der Waals surface area contributed by atoms with Gasteiger partial charge in [0.05, 0.1) is 5.52 Å². The van der Waals surface area contributed by atoms with Gasteiger partial charge < -0.3 is 16.2 Å². The average molecular weight is 259 g/mol. The molecule has 102 valence electrons. The molecule has 0 aliphatic heterocycles. The molecule has 0 atom stereocenters. The van der Waals surface area contributed by atoms with Crippen LogP contribution in [0.4, 0.5) is 11.4 Å². The molecule has 1 aromatic heterocycles. The number of fused-ring (bicyclic) bond motifs is 1. The van der Waals surface area contributed by atoms with Crippen LogP contribution >= 0.6 is 0 Å². The van der Waals surface area contributed by atoms with Gasteiger partial charge in [-0.05, 0) is 36.1 Å². The number of anilines is 2. The lowest BCUT2D eigenvalue weighted by Crippen LogP contribution is -2.24. The van der Waals surface area contributed by atoms with Crippen LogP contribution in [0.25, 0.3) is 10.9 Å². The second-order valence-corrected chi connectivity index (χ2v) is 5.63. The highest BCUT2D eigenvalue weighted by Crippen LogP contribution is 2.26. The highest BCUT2D eigenvalue weighted by atomic mass is 16.3. The standard InChI is InChI=1S/C15H21N3O/c1-15(2,6-8-19)10-18-13-5-7-17-14-9-11(16)3-4-12(13)14/h3-5,7,9,19H,6,8,10,16H2,1-2H3,(H,17,18). The molecule has 2 rings (SSSR count). The molecule has 0 bridgehead atoms. The first kappa shape index (κ1) is 13.6. The molecule has 4 nitrogen and oxygen atoms in total. The Kier molecular flexibility index (Phi) is 3.90. The zero-order chi connectivity index (χ0) is 13.9. The minimum Gasteiger partial charge on any atom is -0.399 e. The third-order valence-electron chi connectivity index (χ3n) is 3.31. The van der Waals surface area contributed by atoms with Gasteiger partial charge in [-0.15, -0.1) is 0 Å². The van der Waals surface area contributed by atoms with Gasteiger partial charge in [0.1, 0.15) is 0 Å². The van der Waals surface area contributed by atoms with Gasteiger partial charge in [0.2, 0.25) is 0 Å². The Hall–Kier alpha value is -1.81. The Bertz CT molecular complexity index is 566. The quantitative estimate of drug-likeness (QED) is 0.722. The number of hydrogen-bond donors (Lipinski definition) is 3. The molecule has 0 saturated carbocycles. The number of aromatic nitrogens is 1. The number of aliphatic hydroxyl groups is 1. The Morgan fingerprint density at radius 2 is 2.11 bits per heavy atom. The van der Waals surface area contributed by atoms with E-state index in [4.69, 9.17) is 10.8 Å². The molecule has 0 spiro atoms. The Morgan fingerprint density at radius 3 is 2.84 bits per heavy atom. The third kappa shape index (κ3) is 3.35. The minimum atomic E-state index is 0.0537. The lowest BCUT2D eigenvalue weighted by Gasteiger charge is -2.25. The fourth-order valence-corrected chi connectivity index (χ4v) is 2.04. The molecule has 4 N–H and O–H groups in total. The number of nitrogen functional groups attached to an aromatic ring is 1. The first-order valence-electron chi connectivity index (χ1n) is 6.51. The molecule has 0 fully saturated rings. The van der Waals surface area contributed by atoms with Gasteiger partial charge in [-0.1, -0.05) is 13.8 Å². The van der Waals surface area contributed by atoms with Crippen LogP contribution < -0.4 is 11.1 Å². The second kappa shape index (κ2) is 5.45. The molecule has 0 amide bonds. The van der Waals surface area contributed by atoms with Crippen LogP contribution in [0.5, 0.6) is 0 Å². The van der Waals surface area contributed by atoms with Crippen LogP contribution in [0.2, 0.25) is 0 Å². The van der Waals surface area contributed by atoms with Crippen LogP contribution in [0.3, 0.4) is 0 Å². The summed E-state index contributed by atoms with van der Waals surface area (Å²) < 4.78 is 0. The molecule has 2 aromatic rings. The van der Waals surface area contributed by atoms with Crippen molar-refractivity contribution in [1.82, 2.24) is 4.98 Å². The fourth-order valence-electron chi connectivity index (χ4n) is 2.04. The topological polar surface area (TPSA) is 71.2 Å². The van der Waals surface area contributed by atoms with Crippen molar-refractivity contribution < 1.29 is 5.11 Å². The van der Waals surface area contributed by atoms with Crippen LogP contribution in [0.15, 0.2) is 30.5 Å². The lowest BCUT2D eigenvalue weighted by atomic mass is 9.89. The van der Waals surface area contributed by atoms with Gasteiger partial charge in [0, 0.05) is 36.1 Å². The monoisotopic (exact) mass is 259 g/mol. The maximum Gasteiger partial charge on any atom is 0.0743 e. The van der Waals surface area contributed by atoms with E-state index in [0.717, 1.165) is 35.2 Å². The zero-order valence-corrected chi connectivity index (χ0v) is 11.5. The van der Waals surface area contributed by atoms with Gasteiger partial charge in [-0.2, -0.15) is 0 Å². The summed E-state index contributed by atoms with van der Waals surface area (Å²) in [5.74, 6) is 0. The van der Waals surface area contributed by atoms with E-state index in [-0.39, 0.29) is 12.0 Å². The van der Waals surface area contributed by atoms with E-state index in [1.165, 1.54) is 0 Å². The summed E-state index contributed by atoms with van der Waals surface area (Å²) in [6.45, 7) is 5.29. The Morgan fingerprint density at radius 1 is 1.32 bits per heavy atom. The van der Waals surface area contributed by atoms with E-state index >= 15 is 0 Å². The first-order chi connectivity index (χ1) is 9.02. The maximum atomic E-state index is 9.05. The fraction of sp³-hybridized carbons (Fsp3) is 0.400. The largest absolute Gasteiger partial charge is 0.399 e. The molecular formula is C15H21N3O. The highest BCUT2D eigenvalue weighted by molar-refractivity contribution is 5.92. The predicted molar refractivity (Wildman–Crippen MR) is 80.1 cm³/mol. The van der Waals surface area contributed by atoms with Crippen LogP contribution in [-0.2, 0) is 0 Å². The molecule has 1 aromatic carbocycles. The van der Waals surface area contributed by atoms with Gasteiger partial charge in [0.15, 0.2) is 0 Å². The molecule has 0 aliphatic rings. The van der Waals surface area contributed by atoms with E-state index in [2.05, 4.69) is 24.1 Å². The first-order valence-corrected chi connectivity index (χ1v) is 6.51. The number of benzene rings is 1. The third-order valence-corrected chi connectivity index (χ3v) is 3.31. The van der Waals surface area contributed by atoms with Gasteiger partial charge in [-0.25, -0.2) is 0 Å². The minimum absolute atomic E-state index is 0.0537. The maximum absolute atomic E-state index is 9.05. The van der Waals surface area contributed by atoms with Crippen molar-refractivity contribution in [3.8, 4) is 0 Å². The number of rotatable bonds is 5. The molecule has 4 heteroatoms. The van der Waals surface area contributed by atoms with Crippen molar-refractivity contribution in [3.05, 3.63) is 30.5 Å². The van der Waals surface area contributed by atoms with E-state index < -0.39 is 0 Å². The van der Waals surface area contributed by atoms with Crippen LogP contribution in [0.1, 0.15) is 20.3 Å². The average Bonchev–Trinajstić information content (AvgIpc) is 2.36. The Balaban J connectivity index is 2.21. The van der Waals surface area contributed by atoms with Crippen molar-refractivity contribution in [1.29, 1.82) is 0 Å². The predicted octanol–water partition coefficient (Wildman–Crippen LogP) is 2.64. The van der Waals surface area contributed by atoms with Crippen molar-refractivity contribution >= 4 is 22.3 Å². The normalized spacial score (nSPS) is 11.7. The Labute approximate surface area is 113 Å². The van der Waals surface area contributed by atoms with Gasteiger partial charge >= 0.3 is 0 Å². The molecule has 0 aliphatic carbocycles. The van der Waals surface area contributed by atoms with E-state index in [0.29, 0.717) is 0 Å². The van der Waals surface area contributed by atoms with Crippen molar-refractivity contribution in [3.63, 3.8) is 0 Å². The molecule has 0 radical (unpaired) electrons. The van der Waals surface area contributed by atoms with Crippen molar-refractivity contribution in [2.75, 3.05) is 24.2 Å². The number of nitrogens with one attached hydrogen (secondary N) is 1. The summed E-state index contributed by atoms with van der Waals surface area (Å²) in [6.07, 6.45) is 2.55. The lowest BCUT2D eigenvalue weighted by molar-refractivity contribution is 0.220. The molecule has 1 heterocycles. The summed E-state index contributed by atoms with van der Waals surface area (Å²) >= 11 is 0. The van der Waals surface area contributed by atoms with Gasteiger partial charge in [-0.3, -0.25) is 4.98 Å². The summed E-state index contributed by atoms with van der Waals surface area (Å²) in [6, 6.07) is 7.71. The van der Waals surface area contributed by atoms with Crippen LogP contribution in [-0.4, -0.2) is 23.2 Å². The SMILES string of the molecule is CC(C)(CCO)CNc1ccnc2cc(N)ccc12. The summed E-state index contributed by atoms with van der Waals surface area (Å²) in [4.78, 5) is 4.32. The molecule has 0 saturated heterocycles. The van der Waals surface area contributed by atoms with Gasteiger partial charge in [0.25, 0.3) is 0 Å². The number of nitrogens with zero attached hydrogens (tertiary/aromatic N) is 1. The zero-order valence-electron chi connectivity index (χ0n) is 11.5. The number of pyridine rings is 1. The number of hydrogen-bond acceptors (Lipinski definition) is 4.